The molecule has 98 valence electrons. The maximum Gasteiger partial charge on any atom is 0.251 e. The van der Waals surface area contributed by atoms with Gasteiger partial charge in [-0.1, -0.05) is 6.07 Å². The van der Waals surface area contributed by atoms with Gasteiger partial charge in [-0.05, 0) is 57.1 Å². The zero-order valence-corrected chi connectivity index (χ0v) is 11.6. The zero-order valence-electron chi connectivity index (χ0n) is 10.7. The molecule has 1 aliphatic rings. The van der Waals surface area contributed by atoms with Crippen LogP contribution in [0.25, 0.3) is 0 Å². The molecule has 1 heterocycles. The van der Waals surface area contributed by atoms with Crippen molar-refractivity contribution in [2.24, 2.45) is 5.92 Å². The highest BCUT2D eigenvalue weighted by Crippen LogP contribution is 2.15. The lowest BCUT2D eigenvalue weighted by atomic mass is 9.97. The van der Waals surface area contributed by atoms with Gasteiger partial charge < -0.3 is 10.2 Å². The second-order valence-electron chi connectivity index (χ2n) is 5.01. The van der Waals surface area contributed by atoms with Crippen molar-refractivity contribution < 1.29 is 4.79 Å². The minimum absolute atomic E-state index is 0.00447. The summed E-state index contributed by atoms with van der Waals surface area (Å²) in [6.45, 7) is 3.04. The number of carbonyl (C=O) groups excluding carboxylic acids is 1. The molecule has 18 heavy (non-hydrogen) atoms. The molecular formula is C14H20N2OS. The van der Waals surface area contributed by atoms with E-state index in [2.05, 4.69) is 29.9 Å². The Hall–Kier alpha value is -1.00. The first-order valence-electron chi connectivity index (χ1n) is 6.41. The minimum Gasteiger partial charge on any atom is -0.352 e. The summed E-state index contributed by atoms with van der Waals surface area (Å²) in [7, 11) is 2.15. The van der Waals surface area contributed by atoms with Crippen LogP contribution in [0.15, 0.2) is 29.2 Å². The lowest BCUT2D eigenvalue weighted by Gasteiger charge is -2.28. The monoisotopic (exact) mass is 264 g/mol. The zero-order chi connectivity index (χ0) is 13.0. The molecular weight excluding hydrogens is 244 g/mol. The van der Waals surface area contributed by atoms with E-state index in [1.165, 1.54) is 12.8 Å². The lowest BCUT2D eigenvalue weighted by molar-refractivity contribution is 0.0939. The summed E-state index contributed by atoms with van der Waals surface area (Å²) in [5.41, 5.74) is 0.690. The first kappa shape index (κ1) is 13.4. The van der Waals surface area contributed by atoms with Crippen molar-refractivity contribution in [1.82, 2.24) is 10.2 Å². The number of carbonyl (C=O) groups is 1. The quantitative estimate of drug-likeness (QED) is 0.819. The average Bonchev–Trinajstić information content (AvgIpc) is 2.38. The van der Waals surface area contributed by atoms with Crippen molar-refractivity contribution in [3.05, 3.63) is 29.8 Å². The third-order valence-electron chi connectivity index (χ3n) is 3.50. The molecule has 3 nitrogen and oxygen atoms in total. The van der Waals surface area contributed by atoms with Gasteiger partial charge >= 0.3 is 0 Å². The molecule has 1 saturated heterocycles. The largest absolute Gasteiger partial charge is 0.352 e. The van der Waals surface area contributed by atoms with Crippen LogP contribution in [-0.2, 0) is 0 Å². The summed E-state index contributed by atoms with van der Waals surface area (Å²) >= 11 is 4.24. The Morgan fingerprint density at radius 1 is 1.44 bits per heavy atom. The number of benzene rings is 1. The van der Waals surface area contributed by atoms with E-state index < -0.39 is 0 Å². The Balaban J connectivity index is 1.81. The van der Waals surface area contributed by atoms with E-state index in [0.29, 0.717) is 11.5 Å². The number of piperidine rings is 1. The molecule has 0 bridgehead atoms. The van der Waals surface area contributed by atoms with Gasteiger partial charge in [-0.25, -0.2) is 0 Å². The van der Waals surface area contributed by atoms with Gasteiger partial charge in [0.25, 0.3) is 5.91 Å². The molecule has 0 aromatic heterocycles. The van der Waals surface area contributed by atoms with Crippen LogP contribution in [0.2, 0.25) is 0 Å². The smallest absolute Gasteiger partial charge is 0.251 e. The number of thiol groups is 1. The lowest BCUT2D eigenvalue weighted by Crippen LogP contribution is -2.36. The standard InChI is InChI=1S/C14H20N2OS/c1-16-7-5-11(6-8-16)10-15-14(17)12-3-2-4-13(18)9-12/h2-4,9,11,18H,5-8,10H2,1H3,(H,15,17). The van der Waals surface area contributed by atoms with Crippen LogP contribution in [0.5, 0.6) is 0 Å². The number of hydrogen-bond acceptors (Lipinski definition) is 3. The average molecular weight is 264 g/mol. The minimum atomic E-state index is 0.00447. The van der Waals surface area contributed by atoms with E-state index in [9.17, 15) is 4.79 Å². The molecule has 1 fully saturated rings. The van der Waals surface area contributed by atoms with Gasteiger partial charge in [0.15, 0.2) is 0 Å². The van der Waals surface area contributed by atoms with Gasteiger partial charge in [0, 0.05) is 17.0 Å². The summed E-state index contributed by atoms with van der Waals surface area (Å²) in [4.78, 5) is 15.1. The molecule has 1 N–H and O–H groups in total. The highest BCUT2D eigenvalue weighted by molar-refractivity contribution is 7.80. The van der Waals surface area contributed by atoms with Crippen LogP contribution in [0.1, 0.15) is 23.2 Å². The van der Waals surface area contributed by atoms with Crippen molar-refractivity contribution in [2.45, 2.75) is 17.7 Å². The Kier molecular flexibility index (Phi) is 4.66. The van der Waals surface area contributed by atoms with Crippen molar-refractivity contribution in [1.29, 1.82) is 0 Å². The van der Waals surface area contributed by atoms with Gasteiger partial charge in [0.05, 0.1) is 0 Å². The van der Waals surface area contributed by atoms with Gasteiger partial charge in [-0.15, -0.1) is 12.6 Å². The van der Waals surface area contributed by atoms with E-state index in [4.69, 9.17) is 0 Å². The predicted octanol–water partition coefficient (Wildman–Crippen LogP) is 2.05. The molecule has 1 aromatic carbocycles. The van der Waals surface area contributed by atoms with Crippen LogP contribution >= 0.6 is 12.6 Å². The third kappa shape index (κ3) is 3.75. The first-order chi connectivity index (χ1) is 8.65. The van der Waals surface area contributed by atoms with Crippen LogP contribution in [0, 0.1) is 5.92 Å². The van der Waals surface area contributed by atoms with Crippen LogP contribution in [-0.4, -0.2) is 37.5 Å². The van der Waals surface area contributed by atoms with Crippen molar-refractivity contribution in [3.63, 3.8) is 0 Å². The van der Waals surface area contributed by atoms with Gasteiger partial charge in [-0.2, -0.15) is 0 Å². The maximum atomic E-state index is 11.9. The molecule has 0 radical (unpaired) electrons. The summed E-state index contributed by atoms with van der Waals surface area (Å²) in [6, 6.07) is 7.35. The van der Waals surface area contributed by atoms with Crippen molar-refractivity contribution in [2.75, 3.05) is 26.7 Å². The number of nitrogens with zero attached hydrogens (tertiary/aromatic N) is 1. The second-order valence-corrected chi connectivity index (χ2v) is 5.52. The first-order valence-corrected chi connectivity index (χ1v) is 6.85. The fourth-order valence-corrected chi connectivity index (χ4v) is 2.48. The van der Waals surface area contributed by atoms with Crippen LogP contribution in [0.3, 0.4) is 0 Å². The number of rotatable bonds is 3. The summed E-state index contributed by atoms with van der Waals surface area (Å²) < 4.78 is 0. The highest BCUT2D eigenvalue weighted by atomic mass is 32.1. The molecule has 0 saturated carbocycles. The second kappa shape index (κ2) is 6.25. The summed E-state index contributed by atoms with van der Waals surface area (Å²) in [5, 5.41) is 3.02. The van der Waals surface area contributed by atoms with Crippen molar-refractivity contribution >= 4 is 18.5 Å². The van der Waals surface area contributed by atoms with Gasteiger partial charge in [0.2, 0.25) is 0 Å². The third-order valence-corrected chi connectivity index (χ3v) is 3.78. The number of hydrogen-bond donors (Lipinski definition) is 2. The molecule has 4 heteroatoms. The predicted molar refractivity (Wildman–Crippen MR) is 76.2 cm³/mol. The van der Waals surface area contributed by atoms with E-state index in [0.717, 1.165) is 24.5 Å². The van der Waals surface area contributed by atoms with E-state index in [-0.39, 0.29) is 5.91 Å². The fourth-order valence-electron chi connectivity index (χ4n) is 2.25. The number of nitrogens with one attached hydrogen (secondary N) is 1. The molecule has 1 aromatic rings. The summed E-state index contributed by atoms with van der Waals surface area (Å²) in [5.74, 6) is 0.620. The van der Waals surface area contributed by atoms with E-state index in [1.54, 1.807) is 6.07 Å². The van der Waals surface area contributed by atoms with Crippen LogP contribution < -0.4 is 5.32 Å². The number of likely N-dealkylation sites (tertiary alicyclic amines) is 1. The highest BCUT2D eigenvalue weighted by Gasteiger charge is 2.17. The molecule has 1 amide bonds. The number of amides is 1. The Bertz CT molecular complexity index is 414. The molecule has 0 spiro atoms. The maximum absolute atomic E-state index is 11.9. The van der Waals surface area contributed by atoms with Gasteiger partial charge in [-0.3, -0.25) is 4.79 Å². The Morgan fingerprint density at radius 2 is 2.17 bits per heavy atom. The van der Waals surface area contributed by atoms with Crippen molar-refractivity contribution in [3.8, 4) is 0 Å². The van der Waals surface area contributed by atoms with Crippen LogP contribution in [0.4, 0.5) is 0 Å². The molecule has 0 atom stereocenters. The topological polar surface area (TPSA) is 32.3 Å². The molecule has 2 rings (SSSR count). The van der Waals surface area contributed by atoms with Gasteiger partial charge in [0.1, 0.15) is 0 Å². The normalized spacial score (nSPS) is 17.7. The van der Waals surface area contributed by atoms with E-state index >= 15 is 0 Å². The molecule has 0 unspecified atom stereocenters. The Morgan fingerprint density at radius 3 is 2.83 bits per heavy atom. The molecule has 0 aliphatic carbocycles. The SMILES string of the molecule is CN1CCC(CNC(=O)c2cccc(S)c2)CC1. The fraction of sp³-hybridized carbons (Fsp3) is 0.500. The Labute approximate surface area is 114 Å². The van der Waals surface area contributed by atoms with E-state index in [1.807, 2.05) is 18.2 Å². The summed E-state index contributed by atoms with van der Waals surface area (Å²) in [6.07, 6.45) is 2.34. The molecule has 1 aliphatic heterocycles.